The number of hydrogen-bond donors (Lipinski definition) is 1. The third kappa shape index (κ3) is 1.51. The molecule has 2 nitrogen and oxygen atoms in total. The summed E-state index contributed by atoms with van der Waals surface area (Å²) >= 11 is 1.91. The molecular formula is C17H17NOS. The number of ketones is 1. The van der Waals surface area contributed by atoms with Gasteiger partial charge in [0.15, 0.2) is 5.78 Å². The van der Waals surface area contributed by atoms with E-state index in [4.69, 9.17) is 0 Å². The summed E-state index contributed by atoms with van der Waals surface area (Å²) in [6, 6.07) is 8.89. The van der Waals surface area contributed by atoms with Crippen molar-refractivity contribution in [2.75, 3.05) is 0 Å². The Balaban J connectivity index is 2.00. The number of carbonyl (C=O) groups excluding carboxylic acids is 1. The Bertz CT molecular complexity index is 730. The Labute approximate surface area is 122 Å². The Morgan fingerprint density at radius 2 is 2.25 bits per heavy atom. The van der Waals surface area contributed by atoms with Crippen LogP contribution in [0.5, 0.6) is 0 Å². The van der Waals surface area contributed by atoms with E-state index in [-0.39, 0.29) is 17.2 Å². The van der Waals surface area contributed by atoms with Crippen molar-refractivity contribution in [1.82, 2.24) is 5.32 Å². The molecule has 4 rings (SSSR count). The van der Waals surface area contributed by atoms with Crippen LogP contribution in [0.25, 0.3) is 10.1 Å². The maximum Gasteiger partial charge on any atom is 0.157 e. The molecule has 0 amide bonds. The monoisotopic (exact) mass is 283 g/mol. The van der Waals surface area contributed by atoms with Gasteiger partial charge in [0.1, 0.15) is 0 Å². The Hall–Kier alpha value is -1.45. The molecule has 0 saturated carbocycles. The van der Waals surface area contributed by atoms with Crippen molar-refractivity contribution >= 4 is 27.2 Å². The topological polar surface area (TPSA) is 29.1 Å². The predicted molar refractivity (Wildman–Crippen MR) is 83.2 cm³/mol. The Morgan fingerprint density at radius 3 is 3.10 bits per heavy atom. The van der Waals surface area contributed by atoms with Gasteiger partial charge in [0, 0.05) is 34.0 Å². The summed E-state index contributed by atoms with van der Waals surface area (Å²) in [5.74, 6) is 0.246. The lowest BCUT2D eigenvalue weighted by molar-refractivity contribution is -0.116. The van der Waals surface area contributed by atoms with E-state index in [1.165, 1.54) is 20.5 Å². The lowest BCUT2D eigenvalue weighted by atomic mass is 9.68. The molecule has 0 unspecified atom stereocenters. The highest BCUT2D eigenvalue weighted by Crippen LogP contribution is 2.48. The van der Waals surface area contributed by atoms with Crippen LogP contribution in [0.15, 0.2) is 36.4 Å². The fourth-order valence-corrected chi connectivity index (χ4v) is 5.22. The molecule has 1 aliphatic carbocycles. The molecule has 0 bridgehead atoms. The van der Waals surface area contributed by atoms with Gasteiger partial charge in [0.2, 0.25) is 0 Å². The van der Waals surface area contributed by atoms with Crippen LogP contribution >= 0.6 is 11.3 Å². The molecule has 0 radical (unpaired) electrons. The number of carbonyl (C=O) groups is 1. The highest BCUT2D eigenvalue weighted by molar-refractivity contribution is 7.19. The van der Waals surface area contributed by atoms with Crippen LogP contribution in [0.4, 0.5) is 0 Å². The van der Waals surface area contributed by atoms with Crippen LogP contribution in [0.3, 0.4) is 0 Å². The van der Waals surface area contributed by atoms with Crippen molar-refractivity contribution in [2.24, 2.45) is 0 Å². The molecule has 0 spiro atoms. The number of fused-ring (bicyclic) bond motifs is 5. The molecule has 1 aromatic heterocycles. The third-order valence-electron chi connectivity index (χ3n) is 4.83. The minimum atomic E-state index is 0.00514. The summed E-state index contributed by atoms with van der Waals surface area (Å²) in [6.07, 6.45) is 5.61. The zero-order valence-electron chi connectivity index (χ0n) is 11.5. The van der Waals surface area contributed by atoms with E-state index >= 15 is 0 Å². The van der Waals surface area contributed by atoms with E-state index in [1.54, 1.807) is 6.08 Å². The fraction of sp³-hybridized carbons (Fsp3) is 0.353. The summed E-state index contributed by atoms with van der Waals surface area (Å²) in [4.78, 5) is 13.2. The quantitative estimate of drug-likeness (QED) is 0.867. The van der Waals surface area contributed by atoms with Gasteiger partial charge in [-0.15, -0.1) is 11.3 Å². The van der Waals surface area contributed by atoms with E-state index in [0.29, 0.717) is 6.42 Å². The van der Waals surface area contributed by atoms with Crippen molar-refractivity contribution in [2.45, 2.75) is 37.8 Å². The Morgan fingerprint density at radius 1 is 1.40 bits per heavy atom. The van der Waals surface area contributed by atoms with Crippen LogP contribution in [-0.2, 0) is 16.8 Å². The largest absolute Gasteiger partial charge is 0.308 e. The van der Waals surface area contributed by atoms with Gasteiger partial charge in [-0.1, -0.05) is 31.2 Å². The first-order valence-corrected chi connectivity index (χ1v) is 8.02. The SMILES string of the molecule is CC[C@]12C=CC(=O)C[C@@H]1NCc1c2sc2ccccc12. The van der Waals surface area contributed by atoms with Gasteiger partial charge in [-0.3, -0.25) is 4.79 Å². The van der Waals surface area contributed by atoms with Gasteiger partial charge in [0.25, 0.3) is 0 Å². The molecule has 2 heterocycles. The highest BCUT2D eigenvalue weighted by atomic mass is 32.1. The zero-order valence-corrected chi connectivity index (χ0v) is 12.3. The van der Waals surface area contributed by atoms with Crippen molar-refractivity contribution in [1.29, 1.82) is 0 Å². The summed E-state index contributed by atoms with van der Waals surface area (Å²) in [7, 11) is 0. The molecule has 1 N–H and O–H groups in total. The van der Waals surface area contributed by atoms with Gasteiger partial charge >= 0.3 is 0 Å². The van der Waals surface area contributed by atoms with Gasteiger partial charge in [-0.05, 0) is 29.5 Å². The highest BCUT2D eigenvalue weighted by Gasteiger charge is 2.45. The lowest BCUT2D eigenvalue weighted by Gasteiger charge is -2.43. The maximum atomic E-state index is 11.7. The number of rotatable bonds is 1. The Kier molecular flexibility index (Phi) is 2.63. The molecule has 2 aromatic rings. The third-order valence-corrected chi connectivity index (χ3v) is 6.23. The van der Waals surface area contributed by atoms with E-state index in [2.05, 4.69) is 42.6 Å². The molecule has 20 heavy (non-hydrogen) atoms. The molecular weight excluding hydrogens is 266 g/mol. The average Bonchev–Trinajstić information content (AvgIpc) is 2.86. The standard InChI is InChI=1S/C17H17NOS/c1-2-17-8-7-11(19)9-15(17)18-10-13-12-5-3-4-6-14(12)20-16(13)17/h3-8,15,18H,2,9-10H2,1H3/t15-,17-/m0/s1. The van der Waals surface area contributed by atoms with E-state index < -0.39 is 0 Å². The second-order valence-corrected chi connectivity index (χ2v) is 6.79. The number of allylic oxidation sites excluding steroid dienone is 1. The molecule has 2 aliphatic rings. The summed E-state index contributed by atoms with van der Waals surface area (Å²) < 4.78 is 1.36. The number of benzene rings is 1. The number of nitrogens with one attached hydrogen (secondary N) is 1. The summed E-state index contributed by atoms with van der Waals surface area (Å²) in [6.45, 7) is 3.11. The fourth-order valence-electron chi connectivity index (χ4n) is 3.70. The smallest absolute Gasteiger partial charge is 0.157 e. The normalized spacial score (nSPS) is 28.4. The summed E-state index contributed by atoms with van der Waals surface area (Å²) in [5.41, 5.74) is 1.44. The van der Waals surface area contributed by atoms with Crippen molar-refractivity contribution < 1.29 is 4.79 Å². The predicted octanol–water partition coefficient (Wildman–Crippen LogP) is 3.55. The maximum absolute atomic E-state index is 11.7. The molecule has 1 aliphatic heterocycles. The van der Waals surface area contributed by atoms with Crippen molar-refractivity contribution in [3.8, 4) is 0 Å². The molecule has 2 atom stereocenters. The van der Waals surface area contributed by atoms with E-state index in [9.17, 15) is 4.79 Å². The molecule has 0 saturated heterocycles. The molecule has 1 aromatic carbocycles. The summed E-state index contributed by atoms with van der Waals surface area (Å²) in [5, 5.41) is 4.98. The number of hydrogen-bond acceptors (Lipinski definition) is 3. The van der Waals surface area contributed by atoms with Crippen LogP contribution in [0.1, 0.15) is 30.2 Å². The first-order chi connectivity index (χ1) is 9.74. The first kappa shape index (κ1) is 12.3. The minimum absolute atomic E-state index is 0.00514. The van der Waals surface area contributed by atoms with Gasteiger partial charge in [-0.2, -0.15) is 0 Å². The van der Waals surface area contributed by atoms with E-state index in [1.807, 2.05) is 11.3 Å². The average molecular weight is 283 g/mol. The first-order valence-electron chi connectivity index (χ1n) is 7.21. The van der Waals surface area contributed by atoms with Gasteiger partial charge in [0.05, 0.1) is 0 Å². The van der Waals surface area contributed by atoms with Crippen LogP contribution in [0.2, 0.25) is 0 Å². The van der Waals surface area contributed by atoms with E-state index in [0.717, 1.165) is 13.0 Å². The molecule has 0 fully saturated rings. The van der Waals surface area contributed by atoms with Crippen LogP contribution in [0, 0.1) is 0 Å². The molecule has 102 valence electrons. The second-order valence-electron chi connectivity index (χ2n) is 5.74. The zero-order chi connectivity index (χ0) is 13.7. The van der Waals surface area contributed by atoms with Gasteiger partial charge < -0.3 is 5.32 Å². The van der Waals surface area contributed by atoms with Gasteiger partial charge in [-0.25, -0.2) is 0 Å². The van der Waals surface area contributed by atoms with Crippen molar-refractivity contribution in [3.05, 3.63) is 46.9 Å². The molecule has 3 heteroatoms. The second kappa shape index (κ2) is 4.27. The number of thiophene rings is 1. The van der Waals surface area contributed by atoms with Crippen LogP contribution < -0.4 is 5.32 Å². The van der Waals surface area contributed by atoms with Crippen LogP contribution in [-0.4, -0.2) is 11.8 Å². The lowest BCUT2D eigenvalue weighted by Crippen LogP contribution is -2.52. The van der Waals surface area contributed by atoms with Crippen molar-refractivity contribution in [3.63, 3.8) is 0 Å². The minimum Gasteiger partial charge on any atom is -0.308 e.